The van der Waals surface area contributed by atoms with Crippen molar-refractivity contribution in [2.45, 2.75) is 26.3 Å². The van der Waals surface area contributed by atoms with Crippen LogP contribution in [0.25, 0.3) is 0 Å². The third kappa shape index (κ3) is 3.74. The van der Waals surface area contributed by atoms with E-state index in [2.05, 4.69) is 65.4 Å². The maximum atomic E-state index is 5.92. The second-order valence-electron chi connectivity index (χ2n) is 4.57. The summed E-state index contributed by atoms with van der Waals surface area (Å²) in [5.74, 6) is 0. The van der Waals surface area contributed by atoms with E-state index in [1.807, 2.05) is 12.1 Å². The monoisotopic (exact) mass is 337 g/mol. The van der Waals surface area contributed by atoms with Crippen LogP contribution in [0.15, 0.2) is 46.9 Å². The number of halogens is 2. The van der Waals surface area contributed by atoms with Gasteiger partial charge in [0.25, 0.3) is 0 Å². The van der Waals surface area contributed by atoms with Gasteiger partial charge in [0.05, 0.1) is 0 Å². The Hall–Kier alpha value is -0.990. The maximum absolute atomic E-state index is 5.92. The van der Waals surface area contributed by atoms with Gasteiger partial charge in [-0.05, 0) is 54.8 Å². The molecule has 2 aromatic carbocycles. The summed E-state index contributed by atoms with van der Waals surface area (Å²) in [6.45, 7) is 4.32. The fourth-order valence-corrected chi connectivity index (χ4v) is 2.60. The minimum Gasteiger partial charge on any atom is -0.378 e. The molecule has 1 nitrogen and oxygen atoms in total. The Morgan fingerprint density at radius 1 is 1.16 bits per heavy atom. The third-order valence-electron chi connectivity index (χ3n) is 3.19. The molecule has 0 radical (unpaired) electrons. The molecule has 100 valence electrons. The predicted octanol–water partition coefficient (Wildman–Crippen LogP) is 5.84. The number of anilines is 1. The van der Waals surface area contributed by atoms with Gasteiger partial charge in [-0.25, -0.2) is 0 Å². The summed E-state index contributed by atoms with van der Waals surface area (Å²) < 4.78 is 1.12. The molecule has 0 aliphatic heterocycles. The van der Waals surface area contributed by atoms with Gasteiger partial charge in [-0.2, -0.15) is 0 Å². The fourth-order valence-electron chi connectivity index (χ4n) is 2.06. The van der Waals surface area contributed by atoms with Gasteiger partial charge in [0.2, 0.25) is 0 Å². The highest BCUT2D eigenvalue weighted by atomic mass is 79.9. The van der Waals surface area contributed by atoms with E-state index in [9.17, 15) is 0 Å². The van der Waals surface area contributed by atoms with Gasteiger partial charge in [0.15, 0.2) is 0 Å². The molecule has 0 heterocycles. The Bertz CT molecular complexity index is 551. The first kappa shape index (κ1) is 14.4. The van der Waals surface area contributed by atoms with Crippen LogP contribution >= 0.6 is 27.5 Å². The molecular weight excluding hydrogens is 322 g/mol. The van der Waals surface area contributed by atoms with Crippen molar-refractivity contribution in [2.24, 2.45) is 0 Å². The summed E-state index contributed by atoms with van der Waals surface area (Å²) in [6, 6.07) is 14.6. The number of rotatable bonds is 4. The molecule has 1 atom stereocenters. The molecule has 0 amide bonds. The van der Waals surface area contributed by atoms with E-state index in [0.717, 1.165) is 15.9 Å². The smallest absolute Gasteiger partial charge is 0.0485 e. The van der Waals surface area contributed by atoms with Crippen LogP contribution in [-0.2, 0) is 6.42 Å². The molecule has 0 aliphatic carbocycles. The van der Waals surface area contributed by atoms with Crippen LogP contribution in [0, 0.1) is 0 Å². The van der Waals surface area contributed by atoms with Crippen LogP contribution in [0.3, 0.4) is 0 Å². The molecule has 19 heavy (non-hydrogen) atoms. The fraction of sp³-hybridized carbons (Fsp3) is 0.250. The van der Waals surface area contributed by atoms with Crippen LogP contribution in [0.5, 0.6) is 0 Å². The van der Waals surface area contributed by atoms with Crippen molar-refractivity contribution in [3.8, 4) is 0 Å². The molecule has 0 aliphatic rings. The lowest BCUT2D eigenvalue weighted by Gasteiger charge is -2.18. The average Bonchev–Trinajstić information content (AvgIpc) is 2.41. The van der Waals surface area contributed by atoms with Crippen LogP contribution in [0.1, 0.15) is 31.0 Å². The molecule has 3 heteroatoms. The van der Waals surface area contributed by atoms with E-state index in [1.54, 1.807) is 0 Å². The highest BCUT2D eigenvalue weighted by Crippen LogP contribution is 2.26. The summed E-state index contributed by atoms with van der Waals surface area (Å²) in [5, 5.41) is 4.33. The lowest BCUT2D eigenvalue weighted by Crippen LogP contribution is -2.08. The van der Waals surface area contributed by atoms with Gasteiger partial charge in [-0.15, -0.1) is 0 Å². The zero-order chi connectivity index (χ0) is 13.8. The summed E-state index contributed by atoms with van der Waals surface area (Å²) in [4.78, 5) is 0. The minimum absolute atomic E-state index is 0.253. The van der Waals surface area contributed by atoms with Crippen molar-refractivity contribution in [1.82, 2.24) is 0 Å². The van der Waals surface area contributed by atoms with Crippen LogP contribution in [-0.4, -0.2) is 0 Å². The Morgan fingerprint density at radius 3 is 2.47 bits per heavy atom. The second-order valence-corrected chi connectivity index (χ2v) is 5.92. The quantitative estimate of drug-likeness (QED) is 0.738. The highest BCUT2D eigenvalue weighted by molar-refractivity contribution is 9.10. The van der Waals surface area contributed by atoms with Gasteiger partial charge in [-0.1, -0.05) is 46.6 Å². The van der Waals surface area contributed by atoms with Gasteiger partial charge < -0.3 is 5.32 Å². The topological polar surface area (TPSA) is 12.0 Å². The van der Waals surface area contributed by atoms with Crippen molar-refractivity contribution in [3.05, 3.63) is 63.1 Å². The van der Waals surface area contributed by atoms with E-state index in [-0.39, 0.29) is 6.04 Å². The van der Waals surface area contributed by atoms with Crippen molar-refractivity contribution >= 4 is 33.2 Å². The molecule has 0 bridgehead atoms. The molecule has 0 spiro atoms. The number of hydrogen-bond acceptors (Lipinski definition) is 1. The standard InChI is InChI=1S/C16H17BrClN/c1-3-12-10-14(17)6-9-16(12)19-11(2)13-4-7-15(18)8-5-13/h4-11,19H,3H2,1-2H3. The van der Waals surface area contributed by atoms with Crippen LogP contribution in [0.2, 0.25) is 5.02 Å². The van der Waals surface area contributed by atoms with Crippen LogP contribution in [0.4, 0.5) is 5.69 Å². The van der Waals surface area contributed by atoms with Crippen molar-refractivity contribution < 1.29 is 0 Å². The van der Waals surface area contributed by atoms with E-state index in [1.165, 1.54) is 16.8 Å². The Kier molecular flexibility index (Phi) is 4.89. The van der Waals surface area contributed by atoms with Gasteiger partial charge in [0, 0.05) is 21.2 Å². The number of aryl methyl sites for hydroxylation is 1. The summed E-state index contributed by atoms with van der Waals surface area (Å²) in [7, 11) is 0. The van der Waals surface area contributed by atoms with E-state index < -0.39 is 0 Å². The molecule has 1 N–H and O–H groups in total. The minimum atomic E-state index is 0.253. The van der Waals surface area contributed by atoms with E-state index in [0.29, 0.717) is 0 Å². The zero-order valence-corrected chi connectivity index (χ0v) is 13.4. The average molecular weight is 339 g/mol. The number of hydrogen-bond donors (Lipinski definition) is 1. The molecule has 0 saturated carbocycles. The van der Waals surface area contributed by atoms with E-state index in [4.69, 9.17) is 11.6 Å². The largest absolute Gasteiger partial charge is 0.378 e. The lowest BCUT2D eigenvalue weighted by molar-refractivity contribution is 0.879. The SMILES string of the molecule is CCc1cc(Br)ccc1NC(C)c1ccc(Cl)cc1. The molecular formula is C16H17BrClN. The van der Waals surface area contributed by atoms with Gasteiger partial charge >= 0.3 is 0 Å². The first-order chi connectivity index (χ1) is 9.10. The van der Waals surface area contributed by atoms with Gasteiger partial charge in [0.1, 0.15) is 0 Å². The molecule has 2 rings (SSSR count). The number of nitrogens with one attached hydrogen (secondary N) is 1. The maximum Gasteiger partial charge on any atom is 0.0485 e. The molecule has 1 unspecified atom stereocenters. The summed E-state index contributed by atoms with van der Waals surface area (Å²) in [5.41, 5.74) is 3.73. The van der Waals surface area contributed by atoms with Gasteiger partial charge in [-0.3, -0.25) is 0 Å². The first-order valence-electron chi connectivity index (χ1n) is 6.40. The lowest BCUT2D eigenvalue weighted by atomic mass is 10.1. The molecule has 0 aromatic heterocycles. The van der Waals surface area contributed by atoms with Crippen molar-refractivity contribution in [2.75, 3.05) is 5.32 Å². The number of benzene rings is 2. The van der Waals surface area contributed by atoms with Crippen LogP contribution < -0.4 is 5.32 Å². The Labute approximate surface area is 128 Å². The first-order valence-corrected chi connectivity index (χ1v) is 7.57. The zero-order valence-electron chi connectivity index (χ0n) is 11.1. The Morgan fingerprint density at radius 2 is 1.84 bits per heavy atom. The second kappa shape index (κ2) is 6.44. The third-order valence-corrected chi connectivity index (χ3v) is 3.94. The van der Waals surface area contributed by atoms with E-state index >= 15 is 0 Å². The van der Waals surface area contributed by atoms with Crippen molar-refractivity contribution in [3.63, 3.8) is 0 Å². The summed E-state index contributed by atoms with van der Waals surface area (Å²) >= 11 is 9.43. The van der Waals surface area contributed by atoms with Crippen molar-refractivity contribution in [1.29, 1.82) is 0 Å². The highest BCUT2D eigenvalue weighted by Gasteiger charge is 2.08. The normalized spacial score (nSPS) is 12.2. The molecule has 0 saturated heterocycles. The molecule has 0 fully saturated rings. The summed E-state index contributed by atoms with van der Waals surface area (Å²) in [6.07, 6.45) is 1.01. The predicted molar refractivity (Wildman–Crippen MR) is 87.0 cm³/mol. The Balaban J connectivity index is 2.18. The molecule has 2 aromatic rings.